The van der Waals surface area contributed by atoms with E-state index >= 15 is 0 Å². The van der Waals surface area contributed by atoms with Gasteiger partial charge in [-0.15, -0.1) is 0 Å². The highest BCUT2D eigenvalue weighted by Gasteiger charge is 2.19. The Morgan fingerprint density at radius 2 is 1.90 bits per heavy atom. The first-order valence-corrected chi connectivity index (χ1v) is 13.9. The predicted octanol–water partition coefficient (Wildman–Crippen LogP) is 5.82. The van der Waals surface area contributed by atoms with Gasteiger partial charge in [-0.05, 0) is 97.8 Å². The maximum absolute atomic E-state index is 13.7. The normalized spacial score (nSPS) is 16.0. The van der Waals surface area contributed by atoms with E-state index in [1.54, 1.807) is 48.5 Å². The molecule has 9 heteroatoms. The zero-order valence-corrected chi connectivity index (χ0v) is 22.6. The van der Waals surface area contributed by atoms with Crippen LogP contribution in [-0.4, -0.2) is 34.9 Å². The Labute approximate surface area is 236 Å². The van der Waals surface area contributed by atoms with Crippen LogP contribution in [0.1, 0.15) is 40.7 Å². The molecule has 40 heavy (non-hydrogen) atoms. The zero-order chi connectivity index (χ0) is 27.5. The molecule has 8 nitrogen and oxygen atoms in total. The van der Waals surface area contributed by atoms with E-state index in [-0.39, 0.29) is 17.7 Å². The van der Waals surface area contributed by atoms with Crippen LogP contribution in [0.5, 0.6) is 11.5 Å². The topological polar surface area (TPSA) is 94.5 Å². The van der Waals surface area contributed by atoms with E-state index in [0.717, 1.165) is 38.7 Å². The van der Waals surface area contributed by atoms with E-state index < -0.39 is 5.56 Å². The standard InChI is InChI=1S/C31H29ClN4O4/c32-23-6-2-7-25(17-23)36-31(38)29(28(19-34-36)40-26-14-11-20-4-1-5-22(20)16-26)35-24-12-9-21(10-13-24)30(37)33-18-27-8-3-15-39-27/h2,6-7,9-14,16-17,19,27,35H,1,3-5,8,15,18H2,(H,33,37)/t27-/m1/s1. The molecule has 0 unspecified atom stereocenters. The van der Waals surface area contributed by atoms with Crippen molar-refractivity contribution in [3.63, 3.8) is 0 Å². The minimum atomic E-state index is -0.403. The fraction of sp³-hybridized carbons (Fsp3) is 0.258. The number of aryl methyl sites for hydroxylation is 2. The van der Waals surface area contributed by atoms with Gasteiger partial charge in [-0.2, -0.15) is 9.78 Å². The van der Waals surface area contributed by atoms with Crippen molar-refractivity contribution in [2.24, 2.45) is 0 Å². The number of halogens is 1. The molecule has 1 fully saturated rings. The molecule has 2 heterocycles. The van der Waals surface area contributed by atoms with Crippen LogP contribution in [0, 0.1) is 0 Å². The average molecular weight is 557 g/mol. The number of aromatic nitrogens is 2. The van der Waals surface area contributed by atoms with E-state index in [2.05, 4.69) is 21.8 Å². The minimum Gasteiger partial charge on any atom is -0.453 e. The summed E-state index contributed by atoms with van der Waals surface area (Å²) in [6, 6.07) is 19.9. The highest BCUT2D eigenvalue weighted by Crippen LogP contribution is 2.32. The van der Waals surface area contributed by atoms with Crippen molar-refractivity contribution in [1.82, 2.24) is 15.1 Å². The third-order valence-electron chi connectivity index (χ3n) is 7.22. The smallest absolute Gasteiger partial charge is 0.299 e. The average Bonchev–Trinajstić information content (AvgIpc) is 3.66. The molecular formula is C31H29ClN4O4. The number of carbonyl (C=O) groups is 1. The molecule has 0 saturated carbocycles. The Bertz CT molecular complexity index is 1600. The van der Waals surface area contributed by atoms with Gasteiger partial charge < -0.3 is 20.1 Å². The van der Waals surface area contributed by atoms with Crippen molar-refractivity contribution in [3.8, 4) is 17.2 Å². The first kappa shape index (κ1) is 26.1. The van der Waals surface area contributed by atoms with Crippen LogP contribution in [-0.2, 0) is 17.6 Å². The Balaban J connectivity index is 1.28. The van der Waals surface area contributed by atoms with Gasteiger partial charge in [-0.3, -0.25) is 9.59 Å². The summed E-state index contributed by atoms with van der Waals surface area (Å²) in [4.78, 5) is 26.3. The van der Waals surface area contributed by atoms with Crippen molar-refractivity contribution in [2.45, 2.75) is 38.2 Å². The number of hydrogen-bond donors (Lipinski definition) is 2. The Hall–Kier alpha value is -4.14. The quantitative estimate of drug-likeness (QED) is 0.284. The molecular weight excluding hydrogens is 528 g/mol. The molecule has 1 aliphatic heterocycles. The molecule has 2 N–H and O–H groups in total. The fourth-order valence-corrected chi connectivity index (χ4v) is 5.31. The molecule has 6 rings (SSSR count). The van der Waals surface area contributed by atoms with E-state index in [4.69, 9.17) is 21.1 Å². The Morgan fingerprint density at radius 3 is 2.70 bits per heavy atom. The summed E-state index contributed by atoms with van der Waals surface area (Å²) in [5.74, 6) is 0.762. The van der Waals surface area contributed by atoms with Gasteiger partial charge in [0.25, 0.3) is 11.5 Å². The molecule has 2 aliphatic rings. The number of carbonyl (C=O) groups excluding carboxylic acids is 1. The number of nitrogens with zero attached hydrogens (tertiary/aromatic N) is 2. The summed E-state index contributed by atoms with van der Waals surface area (Å²) in [5, 5.41) is 11.0. The maximum Gasteiger partial charge on any atom is 0.299 e. The molecule has 1 atom stereocenters. The van der Waals surface area contributed by atoms with Gasteiger partial charge in [0.05, 0.1) is 18.0 Å². The largest absolute Gasteiger partial charge is 0.453 e. The van der Waals surface area contributed by atoms with Gasteiger partial charge in [0.15, 0.2) is 11.4 Å². The number of fused-ring (bicyclic) bond motifs is 1. The van der Waals surface area contributed by atoms with Crippen molar-refractivity contribution in [1.29, 1.82) is 0 Å². The van der Waals surface area contributed by atoms with Gasteiger partial charge in [-0.25, -0.2) is 0 Å². The van der Waals surface area contributed by atoms with Gasteiger partial charge in [-0.1, -0.05) is 23.7 Å². The Morgan fingerprint density at radius 1 is 1.05 bits per heavy atom. The lowest BCUT2D eigenvalue weighted by Crippen LogP contribution is -2.31. The Kier molecular flexibility index (Phi) is 7.53. The van der Waals surface area contributed by atoms with Gasteiger partial charge in [0, 0.05) is 29.4 Å². The second-order valence-corrected chi connectivity index (χ2v) is 10.5. The van der Waals surface area contributed by atoms with E-state index in [1.165, 1.54) is 22.0 Å². The fourth-order valence-electron chi connectivity index (χ4n) is 5.12. The lowest BCUT2D eigenvalue weighted by Gasteiger charge is -2.15. The highest BCUT2D eigenvalue weighted by atomic mass is 35.5. The predicted molar refractivity (Wildman–Crippen MR) is 154 cm³/mol. The van der Waals surface area contributed by atoms with E-state index in [1.807, 2.05) is 12.1 Å². The number of hydrogen-bond acceptors (Lipinski definition) is 6. The molecule has 1 aromatic heterocycles. The van der Waals surface area contributed by atoms with Crippen molar-refractivity contribution in [3.05, 3.63) is 105 Å². The number of amides is 1. The molecule has 1 saturated heterocycles. The van der Waals surface area contributed by atoms with Crippen LogP contribution in [0.3, 0.4) is 0 Å². The summed E-state index contributed by atoms with van der Waals surface area (Å²) < 4.78 is 13.1. The number of benzene rings is 3. The molecule has 204 valence electrons. The molecule has 4 aromatic rings. The third-order valence-corrected chi connectivity index (χ3v) is 7.46. The summed E-state index contributed by atoms with van der Waals surface area (Å²) >= 11 is 6.18. The van der Waals surface area contributed by atoms with Gasteiger partial charge >= 0.3 is 0 Å². The van der Waals surface area contributed by atoms with Crippen molar-refractivity contribution in [2.75, 3.05) is 18.5 Å². The van der Waals surface area contributed by atoms with Crippen LogP contribution in [0.15, 0.2) is 77.7 Å². The highest BCUT2D eigenvalue weighted by molar-refractivity contribution is 6.30. The first-order chi connectivity index (χ1) is 19.5. The van der Waals surface area contributed by atoms with Crippen LogP contribution >= 0.6 is 11.6 Å². The van der Waals surface area contributed by atoms with Crippen LogP contribution < -0.4 is 20.9 Å². The summed E-state index contributed by atoms with van der Waals surface area (Å²) in [6.45, 7) is 1.23. The van der Waals surface area contributed by atoms with E-state index in [9.17, 15) is 9.59 Å². The van der Waals surface area contributed by atoms with Crippen LogP contribution in [0.25, 0.3) is 5.69 Å². The number of anilines is 2. The van der Waals surface area contributed by atoms with Gasteiger partial charge in [0.2, 0.25) is 0 Å². The summed E-state index contributed by atoms with van der Waals surface area (Å²) in [5.41, 5.74) is 4.08. The monoisotopic (exact) mass is 556 g/mol. The van der Waals surface area contributed by atoms with Crippen LogP contribution in [0.2, 0.25) is 5.02 Å². The molecule has 0 radical (unpaired) electrons. The second-order valence-electron chi connectivity index (χ2n) is 10.0. The van der Waals surface area contributed by atoms with Crippen molar-refractivity contribution < 1.29 is 14.3 Å². The molecule has 0 spiro atoms. The first-order valence-electron chi connectivity index (χ1n) is 13.5. The molecule has 1 amide bonds. The number of rotatable bonds is 8. The summed E-state index contributed by atoms with van der Waals surface area (Å²) in [6.07, 6.45) is 6.78. The number of ether oxygens (including phenoxy) is 2. The van der Waals surface area contributed by atoms with Crippen LogP contribution in [0.4, 0.5) is 11.4 Å². The zero-order valence-electron chi connectivity index (χ0n) is 21.9. The maximum atomic E-state index is 13.7. The number of nitrogens with one attached hydrogen (secondary N) is 2. The molecule has 0 bridgehead atoms. The SMILES string of the molecule is O=C(NC[C@H]1CCCO1)c1ccc(Nc2c(Oc3ccc4c(c3)CCC4)cnn(-c3cccc(Cl)c3)c2=O)cc1. The lowest BCUT2D eigenvalue weighted by atomic mass is 10.1. The van der Waals surface area contributed by atoms with E-state index in [0.29, 0.717) is 40.0 Å². The lowest BCUT2D eigenvalue weighted by molar-refractivity contribution is 0.0858. The van der Waals surface area contributed by atoms with Gasteiger partial charge in [0.1, 0.15) is 5.75 Å². The molecule has 1 aliphatic carbocycles. The third kappa shape index (κ3) is 5.73. The van der Waals surface area contributed by atoms with Crippen molar-refractivity contribution >= 4 is 28.9 Å². The second kappa shape index (κ2) is 11.5. The minimum absolute atomic E-state index is 0.0716. The summed E-state index contributed by atoms with van der Waals surface area (Å²) in [7, 11) is 0. The molecule has 3 aromatic carbocycles.